The zero-order valence-corrected chi connectivity index (χ0v) is 47.0. The Bertz CT molecular complexity index is 1740. The molecule has 0 aromatic rings. The summed E-state index contributed by atoms with van der Waals surface area (Å²) in [5, 5.41) is 0. The summed E-state index contributed by atoms with van der Waals surface area (Å²) < 4.78 is 16.8. The van der Waals surface area contributed by atoms with E-state index in [2.05, 4.69) is 179 Å². The number of carbonyl (C=O) groups excluding carboxylic acids is 3. The van der Waals surface area contributed by atoms with E-state index in [4.69, 9.17) is 14.2 Å². The highest BCUT2D eigenvalue weighted by Gasteiger charge is 2.19. The minimum Gasteiger partial charge on any atom is -0.462 e. The van der Waals surface area contributed by atoms with Crippen molar-refractivity contribution in [2.24, 2.45) is 0 Å². The maximum absolute atomic E-state index is 12.8. The number of rotatable bonds is 50. The molecular formula is C68H104O6. The largest absolute Gasteiger partial charge is 0.462 e. The molecule has 0 aliphatic rings. The maximum atomic E-state index is 12.8. The van der Waals surface area contributed by atoms with Crippen molar-refractivity contribution in [3.8, 4) is 0 Å². The third-order valence-electron chi connectivity index (χ3n) is 11.4. The fourth-order valence-corrected chi connectivity index (χ4v) is 7.13. The number of allylic oxidation sites excluding steroid dienone is 28. The van der Waals surface area contributed by atoms with Gasteiger partial charge in [-0.25, -0.2) is 0 Å². The minimum atomic E-state index is -0.845. The molecule has 6 heteroatoms. The molecule has 6 nitrogen and oxygen atoms in total. The number of carbonyl (C=O) groups is 3. The van der Waals surface area contributed by atoms with Gasteiger partial charge in [0.1, 0.15) is 13.2 Å². The van der Waals surface area contributed by atoms with Crippen molar-refractivity contribution >= 4 is 17.9 Å². The van der Waals surface area contributed by atoms with E-state index < -0.39 is 12.1 Å². The van der Waals surface area contributed by atoms with Gasteiger partial charge in [-0.1, -0.05) is 236 Å². The molecule has 1 atom stereocenters. The van der Waals surface area contributed by atoms with Crippen molar-refractivity contribution in [1.29, 1.82) is 0 Å². The van der Waals surface area contributed by atoms with Gasteiger partial charge in [0, 0.05) is 19.3 Å². The van der Waals surface area contributed by atoms with Crippen LogP contribution in [0.5, 0.6) is 0 Å². The lowest BCUT2D eigenvalue weighted by molar-refractivity contribution is -0.166. The Morgan fingerprint density at radius 1 is 0.284 bits per heavy atom. The molecular weight excluding hydrogens is 913 g/mol. The number of unbranched alkanes of at least 4 members (excludes halogenated alkanes) is 11. The molecule has 0 N–H and O–H groups in total. The second-order valence-electron chi connectivity index (χ2n) is 18.4. The molecule has 0 saturated carbocycles. The molecule has 0 amide bonds. The summed E-state index contributed by atoms with van der Waals surface area (Å²) in [5.74, 6) is -1.07. The fraction of sp³-hybridized carbons (Fsp3) is 0.544. The van der Waals surface area contributed by atoms with E-state index in [0.717, 1.165) is 154 Å². The van der Waals surface area contributed by atoms with Gasteiger partial charge in [0.2, 0.25) is 0 Å². The molecule has 0 spiro atoms. The summed E-state index contributed by atoms with van der Waals surface area (Å²) in [6.07, 6.45) is 89.2. The van der Waals surface area contributed by atoms with E-state index >= 15 is 0 Å². The number of hydrogen-bond donors (Lipinski definition) is 0. The first-order chi connectivity index (χ1) is 36.5. The summed E-state index contributed by atoms with van der Waals surface area (Å²) in [6.45, 7) is 6.25. The third kappa shape index (κ3) is 57.7. The molecule has 74 heavy (non-hydrogen) atoms. The molecule has 0 aliphatic heterocycles. The molecule has 0 heterocycles. The van der Waals surface area contributed by atoms with Gasteiger partial charge in [0.15, 0.2) is 6.10 Å². The monoisotopic (exact) mass is 1020 g/mol. The lowest BCUT2D eigenvalue weighted by Gasteiger charge is -2.18. The Morgan fingerprint density at radius 3 is 0.878 bits per heavy atom. The average Bonchev–Trinajstić information content (AvgIpc) is 3.40. The van der Waals surface area contributed by atoms with Gasteiger partial charge in [-0.15, -0.1) is 0 Å². The smallest absolute Gasteiger partial charge is 0.306 e. The molecule has 0 rings (SSSR count). The minimum absolute atomic E-state index is 0.132. The van der Waals surface area contributed by atoms with Gasteiger partial charge in [-0.3, -0.25) is 14.4 Å². The summed E-state index contributed by atoms with van der Waals surface area (Å²) in [6, 6.07) is 0. The van der Waals surface area contributed by atoms with Crippen LogP contribution in [0.2, 0.25) is 0 Å². The highest BCUT2D eigenvalue weighted by Crippen LogP contribution is 2.12. The highest BCUT2D eigenvalue weighted by atomic mass is 16.6. The van der Waals surface area contributed by atoms with Gasteiger partial charge >= 0.3 is 17.9 Å². The van der Waals surface area contributed by atoms with Crippen LogP contribution in [-0.2, 0) is 28.6 Å². The first-order valence-electron chi connectivity index (χ1n) is 29.1. The van der Waals surface area contributed by atoms with Crippen LogP contribution in [0.25, 0.3) is 0 Å². The average molecular weight is 1020 g/mol. The summed E-state index contributed by atoms with van der Waals surface area (Å²) in [4.78, 5) is 38.2. The summed E-state index contributed by atoms with van der Waals surface area (Å²) in [7, 11) is 0. The van der Waals surface area contributed by atoms with E-state index in [0.29, 0.717) is 19.3 Å². The fourth-order valence-electron chi connectivity index (χ4n) is 7.13. The molecule has 0 radical (unpaired) electrons. The molecule has 0 bridgehead atoms. The predicted octanol–water partition coefficient (Wildman–Crippen LogP) is 19.9. The topological polar surface area (TPSA) is 78.9 Å². The zero-order valence-electron chi connectivity index (χ0n) is 47.0. The van der Waals surface area contributed by atoms with Crippen molar-refractivity contribution in [2.75, 3.05) is 13.2 Å². The van der Waals surface area contributed by atoms with E-state index in [9.17, 15) is 14.4 Å². The highest BCUT2D eigenvalue weighted by molar-refractivity contribution is 5.71. The van der Waals surface area contributed by atoms with Gasteiger partial charge in [-0.05, 0) is 135 Å². The lowest BCUT2D eigenvalue weighted by atomic mass is 10.1. The standard InChI is InChI=1S/C68H104O6/c1-4-7-10-13-16-19-22-25-28-30-32-33-34-35-37-38-40-43-46-49-52-55-58-61-67(70)73-64-65(63-72-66(69)60-57-54-51-48-45-42-27-24-21-18-15-12-9-6-3)74-68(71)62-59-56-53-50-47-44-41-39-36-31-29-26-23-20-17-14-11-8-5-2/h7-8,10-11,15-20,24-29,32-33,35-37,39-40,43-44,47,53,56,65H,4-6,9,12-14,21-23,30-31,34,38,41-42,45-46,48-52,54-55,57-64H2,1-3H3/b10-7-,11-8-,18-15-,19-16-,20-17-,27-24-,28-25-,29-26-,33-32-,37-35-,39-36-,43-40-,47-44-,56-53-. The first kappa shape index (κ1) is 68.8. The van der Waals surface area contributed by atoms with E-state index in [1.54, 1.807) is 0 Å². The van der Waals surface area contributed by atoms with Crippen LogP contribution in [0.15, 0.2) is 170 Å². The van der Waals surface area contributed by atoms with Crippen molar-refractivity contribution in [2.45, 2.75) is 226 Å². The summed E-state index contributed by atoms with van der Waals surface area (Å²) in [5.41, 5.74) is 0. The normalized spacial score (nSPS) is 13.4. The maximum Gasteiger partial charge on any atom is 0.306 e. The van der Waals surface area contributed by atoms with Crippen LogP contribution in [0, 0.1) is 0 Å². The Morgan fingerprint density at radius 2 is 0.554 bits per heavy atom. The zero-order chi connectivity index (χ0) is 53.6. The van der Waals surface area contributed by atoms with Gasteiger partial charge < -0.3 is 14.2 Å². The molecule has 0 fully saturated rings. The molecule has 0 aromatic heterocycles. The second-order valence-corrected chi connectivity index (χ2v) is 18.4. The van der Waals surface area contributed by atoms with Crippen molar-refractivity contribution < 1.29 is 28.6 Å². The Labute approximate surface area is 453 Å². The summed E-state index contributed by atoms with van der Waals surface area (Å²) >= 11 is 0. The van der Waals surface area contributed by atoms with E-state index in [1.165, 1.54) is 19.3 Å². The van der Waals surface area contributed by atoms with Crippen LogP contribution in [0.4, 0.5) is 0 Å². The van der Waals surface area contributed by atoms with Crippen LogP contribution in [0.1, 0.15) is 220 Å². The van der Waals surface area contributed by atoms with E-state index in [-0.39, 0.29) is 31.6 Å². The first-order valence-corrected chi connectivity index (χ1v) is 29.1. The number of hydrogen-bond acceptors (Lipinski definition) is 6. The Kier molecular flexibility index (Phi) is 56.1. The Hall–Kier alpha value is -5.23. The molecule has 0 saturated heterocycles. The van der Waals surface area contributed by atoms with Crippen LogP contribution in [-0.4, -0.2) is 37.2 Å². The van der Waals surface area contributed by atoms with E-state index in [1.807, 2.05) is 12.2 Å². The number of ether oxygens (including phenoxy) is 3. The predicted molar refractivity (Wildman–Crippen MR) is 320 cm³/mol. The van der Waals surface area contributed by atoms with Gasteiger partial charge in [-0.2, -0.15) is 0 Å². The van der Waals surface area contributed by atoms with Gasteiger partial charge in [0.25, 0.3) is 0 Å². The SMILES string of the molecule is CC/C=C\C/C=C\C/C=C\C/C=C\C/C=C\C/C=C\CCCCCCC(=O)OCC(COC(=O)CCCCCCC/C=C\C/C=C\CCCC)OC(=O)CC/C=C\C/C=C\C/C=C\C/C=C\C/C=C\C/C=C\CC. The molecule has 0 aromatic carbocycles. The van der Waals surface area contributed by atoms with Crippen LogP contribution < -0.4 is 0 Å². The van der Waals surface area contributed by atoms with Crippen molar-refractivity contribution in [1.82, 2.24) is 0 Å². The Balaban J connectivity index is 4.59. The lowest BCUT2D eigenvalue weighted by Crippen LogP contribution is -2.30. The molecule has 1 unspecified atom stereocenters. The van der Waals surface area contributed by atoms with Gasteiger partial charge in [0.05, 0.1) is 0 Å². The number of esters is 3. The van der Waals surface area contributed by atoms with Crippen molar-refractivity contribution in [3.63, 3.8) is 0 Å². The van der Waals surface area contributed by atoms with Crippen molar-refractivity contribution in [3.05, 3.63) is 170 Å². The second kappa shape index (κ2) is 60.3. The third-order valence-corrected chi connectivity index (χ3v) is 11.4. The molecule has 0 aliphatic carbocycles. The van der Waals surface area contributed by atoms with Crippen LogP contribution in [0.3, 0.4) is 0 Å². The van der Waals surface area contributed by atoms with Crippen LogP contribution >= 0.6 is 0 Å². The molecule has 412 valence electrons. The quantitative estimate of drug-likeness (QED) is 0.0261.